The Hall–Kier alpha value is -1.50. The molecule has 2 rings (SSSR count). The lowest BCUT2D eigenvalue weighted by atomic mass is 10.1. The molecule has 0 N–H and O–H groups in total. The van der Waals surface area contributed by atoms with Crippen LogP contribution in [0.15, 0.2) is 22.6 Å². The first kappa shape index (κ1) is 20.8. The summed E-state index contributed by atoms with van der Waals surface area (Å²) in [5, 5.41) is 1.34. The number of pyridine rings is 1. The largest absolute Gasteiger partial charge is 0.591 e. The van der Waals surface area contributed by atoms with Crippen LogP contribution in [-0.4, -0.2) is 33.2 Å². The first-order valence-electron chi connectivity index (χ1n) is 8.35. The highest BCUT2D eigenvalue weighted by atomic mass is 35.5. The molecule has 2 aromatic rings. The van der Waals surface area contributed by atoms with Crippen LogP contribution in [0.2, 0.25) is 5.02 Å². The average Bonchev–Trinajstić information content (AvgIpc) is 2.53. The fourth-order valence-corrected chi connectivity index (χ4v) is 3.06. The van der Waals surface area contributed by atoms with Gasteiger partial charge >= 0.3 is 0 Å². The van der Waals surface area contributed by atoms with Crippen molar-refractivity contribution in [2.75, 3.05) is 7.11 Å². The summed E-state index contributed by atoms with van der Waals surface area (Å²) in [6, 6.07) is 5.49. The van der Waals surface area contributed by atoms with Crippen molar-refractivity contribution < 1.29 is 14.0 Å². The Morgan fingerprint density at radius 1 is 1.27 bits per heavy atom. The van der Waals surface area contributed by atoms with Crippen molar-refractivity contribution >= 4 is 39.6 Å². The van der Waals surface area contributed by atoms with Gasteiger partial charge < -0.3 is 14.0 Å². The van der Waals surface area contributed by atoms with Gasteiger partial charge in [-0.25, -0.2) is 4.98 Å². The van der Waals surface area contributed by atoms with Gasteiger partial charge in [0.25, 0.3) is 0 Å². The molecule has 0 radical (unpaired) electrons. The van der Waals surface area contributed by atoms with E-state index in [-0.39, 0.29) is 6.10 Å². The monoisotopic (exact) mass is 396 g/mol. The predicted octanol–water partition coefficient (Wildman–Crippen LogP) is 4.96. The smallest absolute Gasteiger partial charge is 0.223 e. The maximum absolute atomic E-state index is 12.3. The quantitative estimate of drug-likeness (QED) is 0.529. The van der Waals surface area contributed by atoms with Gasteiger partial charge in [0.05, 0.1) is 29.3 Å². The molecule has 0 aliphatic rings. The normalized spacial score (nSPS) is 14.0. The molecule has 0 unspecified atom stereocenters. The van der Waals surface area contributed by atoms with Crippen LogP contribution in [0, 0.1) is 0 Å². The molecule has 0 spiro atoms. The van der Waals surface area contributed by atoms with Crippen molar-refractivity contribution in [2.45, 2.75) is 52.4 Å². The molecule has 0 amide bonds. The van der Waals surface area contributed by atoms with Crippen molar-refractivity contribution in [2.24, 2.45) is 4.40 Å². The Balaban J connectivity index is 2.56. The predicted molar refractivity (Wildman–Crippen MR) is 109 cm³/mol. The lowest BCUT2D eigenvalue weighted by molar-refractivity contribution is 0.243. The zero-order chi connectivity index (χ0) is 19.6. The number of rotatable bonds is 5. The Morgan fingerprint density at radius 3 is 2.46 bits per heavy atom. The maximum Gasteiger partial charge on any atom is 0.223 e. The van der Waals surface area contributed by atoms with Crippen LogP contribution in [0.4, 0.5) is 0 Å². The van der Waals surface area contributed by atoms with Crippen molar-refractivity contribution in [3.05, 3.63) is 28.8 Å². The fraction of sp³-hybridized carbons (Fsp3) is 0.474. The number of benzene rings is 1. The summed E-state index contributed by atoms with van der Waals surface area (Å²) < 4.78 is 27.4. The van der Waals surface area contributed by atoms with Crippen LogP contribution in [0.25, 0.3) is 10.9 Å². The van der Waals surface area contributed by atoms with Crippen LogP contribution in [0.1, 0.15) is 47.1 Å². The number of hydrogen-bond donors (Lipinski definition) is 0. The van der Waals surface area contributed by atoms with Crippen LogP contribution in [0.5, 0.6) is 11.6 Å². The minimum absolute atomic E-state index is 0.00729. The number of fused-ring (bicyclic) bond motifs is 1. The van der Waals surface area contributed by atoms with Gasteiger partial charge in [0, 0.05) is 11.5 Å². The minimum atomic E-state index is -1.37. The molecular formula is C19H25ClN2O3S. The molecule has 0 saturated carbocycles. The summed E-state index contributed by atoms with van der Waals surface area (Å²) >= 11 is 4.97. The number of ether oxygens (including phenoxy) is 2. The Kier molecular flexibility index (Phi) is 6.42. The lowest BCUT2D eigenvalue weighted by Crippen LogP contribution is -2.26. The van der Waals surface area contributed by atoms with E-state index in [0.717, 1.165) is 5.39 Å². The summed E-state index contributed by atoms with van der Waals surface area (Å²) in [4.78, 5) is 4.55. The van der Waals surface area contributed by atoms with E-state index in [1.165, 1.54) is 0 Å². The Labute approximate surface area is 163 Å². The van der Waals surface area contributed by atoms with Crippen LogP contribution in [-0.2, 0) is 11.4 Å². The SMILES string of the molecule is COc1nc2cc(OC(C)C)c(Cl)cc2cc1/C(C)=N/[S@+]([O-])C(C)(C)C. The molecule has 26 heavy (non-hydrogen) atoms. The van der Waals surface area contributed by atoms with Gasteiger partial charge in [0.2, 0.25) is 5.88 Å². The summed E-state index contributed by atoms with van der Waals surface area (Å²) in [5.74, 6) is 0.998. The fourth-order valence-electron chi connectivity index (χ4n) is 2.23. The second kappa shape index (κ2) is 8.03. The highest BCUT2D eigenvalue weighted by Crippen LogP contribution is 2.33. The molecule has 1 heterocycles. The summed E-state index contributed by atoms with van der Waals surface area (Å²) in [5.41, 5.74) is 1.99. The first-order chi connectivity index (χ1) is 12.0. The third-order valence-corrected chi connectivity index (χ3v) is 5.31. The second-order valence-electron chi connectivity index (χ2n) is 7.23. The molecule has 5 nitrogen and oxygen atoms in total. The highest BCUT2D eigenvalue weighted by molar-refractivity contribution is 7.91. The Morgan fingerprint density at radius 2 is 1.92 bits per heavy atom. The van der Waals surface area contributed by atoms with Crippen LogP contribution < -0.4 is 9.47 Å². The lowest BCUT2D eigenvalue weighted by Gasteiger charge is -2.19. The van der Waals surface area contributed by atoms with E-state index in [1.807, 2.05) is 40.7 Å². The van der Waals surface area contributed by atoms with E-state index < -0.39 is 16.1 Å². The molecule has 7 heteroatoms. The van der Waals surface area contributed by atoms with Gasteiger partial charge in [-0.05, 0) is 53.7 Å². The van der Waals surface area contributed by atoms with Gasteiger partial charge in [-0.2, -0.15) is 0 Å². The van der Waals surface area contributed by atoms with Crippen molar-refractivity contribution in [3.63, 3.8) is 0 Å². The van der Waals surface area contributed by atoms with Gasteiger partial charge in [0.15, 0.2) is 0 Å². The van der Waals surface area contributed by atoms with Crippen molar-refractivity contribution in [3.8, 4) is 11.6 Å². The molecule has 0 saturated heterocycles. The van der Waals surface area contributed by atoms with E-state index in [4.69, 9.17) is 21.1 Å². The standard InChI is InChI=1S/C19H25ClN2O3S/c1-11(2)25-17-10-16-13(9-15(17)20)8-14(18(21-16)24-7)12(3)22-26(23)19(4,5)6/h8-11H,1-7H3/b22-12+/t26-/m1/s1. The van der Waals surface area contributed by atoms with Crippen LogP contribution in [0.3, 0.4) is 0 Å². The summed E-state index contributed by atoms with van der Waals surface area (Å²) in [7, 11) is 1.55. The molecule has 1 atom stereocenters. The number of hydrogen-bond acceptors (Lipinski definition) is 5. The van der Waals surface area contributed by atoms with E-state index in [2.05, 4.69) is 9.38 Å². The highest BCUT2D eigenvalue weighted by Gasteiger charge is 2.27. The number of aromatic nitrogens is 1. The number of methoxy groups -OCH3 is 1. The third kappa shape index (κ3) is 4.81. The van der Waals surface area contributed by atoms with Gasteiger partial charge in [-0.3, -0.25) is 0 Å². The molecule has 1 aromatic heterocycles. The van der Waals surface area contributed by atoms with Gasteiger partial charge in [0.1, 0.15) is 27.6 Å². The zero-order valence-electron chi connectivity index (χ0n) is 16.2. The van der Waals surface area contributed by atoms with Gasteiger partial charge in [-0.1, -0.05) is 16.0 Å². The molecular weight excluding hydrogens is 372 g/mol. The topological polar surface area (TPSA) is 66.8 Å². The summed E-state index contributed by atoms with van der Waals surface area (Å²) in [6.45, 7) is 11.3. The molecule has 0 aliphatic heterocycles. The maximum atomic E-state index is 12.3. The van der Waals surface area contributed by atoms with Crippen molar-refractivity contribution in [1.29, 1.82) is 0 Å². The zero-order valence-corrected chi connectivity index (χ0v) is 17.8. The minimum Gasteiger partial charge on any atom is -0.591 e. The number of halogens is 1. The molecule has 0 aliphatic carbocycles. The molecule has 0 fully saturated rings. The first-order valence-corrected chi connectivity index (χ1v) is 9.84. The molecule has 0 bridgehead atoms. The third-order valence-electron chi connectivity index (χ3n) is 3.52. The molecule has 1 aromatic carbocycles. The summed E-state index contributed by atoms with van der Waals surface area (Å²) in [6.07, 6.45) is 0.00729. The van der Waals surface area contributed by atoms with E-state index in [9.17, 15) is 4.55 Å². The van der Waals surface area contributed by atoms with Crippen molar-refractivity contribution in [1.82, 2.24) is 4.98 Å². The molecule has 142 valence electrons. The second-order valence-corrected chi connectivity index (χ2v) is 9.54. The van der Waals surface area contributed by atoms with E-state index in [1.54, 1.807) is 26.2 Å². The van der Waals surface area contributed by atoms with E-state index >= 15 is 0 Å². The van der Waals surface area contributed by atoms with Gasteiger partial charge in [-0.15, -0.1) is 0 Å². The van der Waals surface area contributed by atoms with E-state index in [0.29, 0.717) is 33.4 Å². The Bertz CT molecular complexity index is 832. The average molecular weight is 397 g/mol. The number of nitrogens with zero attached hydrogens (tertiary/aromatic N) is 2. The van der Waals surface area contributed by atoms with Crippen LogP contribution >= 0.6 is 11.6 Å².